The molecule has 0 spiro atoms. The molecule has 2 aliphatic heterocycles. The number of aromatic nitrogens is 1. The Kier molecular flexibility index (Phi) is 3.61. The van der Waals surface area contributed by atoms with Crippen molar-refractivity contribution in [3.05, 3.63) is 57.4 Å². The van der Waals surface area contributed by atoms with Crippen LogP contribution in [0.4, 0.5) is 5.82 Å². The van der Waals surface area contributed by atoms with Gasteiger partial charge in [0.05, 0.1) is 16.8 Å². The molecule has 1 saturated heterocycles. The van der Waals surface area contributed by atoms with Crippen molar-refractivity contribution in [3.63, 3.8) is 0 Å². The third kappa shape index (κ3) is 2.38. The Bertz CT molecular complexity index is 1000. The quantitative estimate of drug-likeness (QED) is 0.766. The molecule has 132 valence electrons. The second-order valence-electron chi connectivity index (χ2n) is 6.32. The molecular weight excluding hydrogens is 336 g/mol. The number of hydrogen-bond donors (Lipinski definition) is 2. The molecule has 3 heterocycles. The summed E-state index contributed by atoms with van der Waals surface area (Å²) in [7, 11) is 0. The van der Waals surface area contributed by atoms with Crippen LogP contribution in [0.5, 0.6) is 0 Å². The monoisotopic (exact) mass is 352 g/mol. The number of fused-ring (bicyclic) bond motifs is 1. The number of nitrogens with one attached hydrogen (secondary N) is 1. The minimum Gasteiger partial charge on any atom is -0.384 e. The molecule has 0 unspecified atom stereocenters. The van der Waals surface area contributed by atoms with Gasteiger partial charge in [-0.1, -0.05) is 0 Å². The van der Waals surface area contributed by atoms with Crippen molar-refractivity contribution < 1.29 is 14.4 Å². The Labute approximate surface area is 148 Å². The smallest absolute Gasteiger partial charge is 0.262 e. The lowest BCUT2D eigenvalue weighted by molar-refractivity contribution is 0.0791. The minimum atomic E-state index is -0.632. The highest BCUT2D eigenvalue weighted by atomic mass is 16.2. The maximum absolute atomic E-state index is 12.4. The maximum Gasteiger partial charge on any atom is 0.262 e. The van der Waals surface area contributed by atoms with Gasteiger partial charge in [-0.25, -0.2) is 0 Å². The van der Waals surface area contributed by atoms with Gasteiger partial charge in [0.2, 0.25) is 0 Å². The maximum atomic E-state index is 12.4. The Hall–Kier alpha value is -3.42. The summed E-state index contributed by atoms with van der Waals surface area (Å²) in [6, 6.07) is 7.54. The molecule has 1 fully saturated rings. The predicted molar refractivity (Wildman–Crippen MR) is 93.4 cm³/mol. The second kappa shape index (κ2) is 5.83. The lowest BCUT2D eigenvalue weighted by Gasteiger charge is -2.16. The average Bonchev–Trinajstić information content (AvgIpc) is 3.24. The number of anilines is 1. The summed E-state index contributed by atoms with van der Waals surface area (Å²) in [5.41, 5.74) is 6.38. The van der Waals surface area contributed by atoms with Crippen LogP contribution < -0.4 is 16.6 Å². The average molecular weight is 352 g/mol. The van der Waals surface area contributed by atoms with Crippen LogP contribution in [0, 0.1) is 0 Å². The lowest BCUT2D eigenvalue weighted by Crippen LogP contribution is -2.27. The number of pyridine rings is 1. The van der Waals surface area contributed by atoms with Crippen LogP contribution in [0.3, 0.4) is 0 Å². The fourth-order valence-electron chi connectivity index (χ4n) is 3.40. The van der Waals surface area contributed by atoms with Crippen LogP contribution in [0.25, 0.3) is 5.69 Å². The van der Waals surface area contributed by atoms with E-state index in [0.29, 0.717) is 11.3 Å². The molecule has 8 nitrogen and oxygen atoms in total. The van der Waals surface area contributed by atoms with Crippen LogP contribution in [0.15, 0.2) is 35.1 Å². The van der Waals surface area contributed by atoms with Gasteiger partial charge in [0.25, 0.3) is 23.3 Å². The summed E-state index contributed by atoms with van der Waals surface area (Å²) in [6.45, 7) is 1.50. The first-order valence-electron chi connectivity index (χ1n) is 8.28. The third-order valence-electron chi connectivity index (χ3n) is 4.72. The SMILES string of the molecule is Nc1c2c(cc(=O)n1-c1ccc(C(=O)N3CCCC3)cc1)C(=O)NC2=O. The van der Waals surface area contributed by atoms with Gasteiger partial charge in [0.1, 0.15) is 5.82 Å². The standard InChI is InChI=1S/C18H16N4O4/c19-15-14-12(16(24)20-17(14)25)9-13(23)22(15)11-5-3-10(4-6-11)18(26)21-7-1-2-8-21/h3-6,9H,1-2,7-8,19H2,(H,20,24,25). The second-order valence-corrected chi connectivity index (χ2v) is 6.32. The van der Waals surface area contributed by atoms with Crippen molar-refractivity contribution in [1.29, 1.82) is 0 Å². The molecule has 26 heavy (non-hydrogen) atoms. The van der Waals surface area contributed by atoms with Crippen molar-refractivity contribution in [2.45, 2.75) is 12.8 Å². The highest BCUT2D eigenvalue weighted by Crippen LogP contribution is 2.23. The van der Waals surface area contributed by atoms with Gasteiger partial charge < -0.3 is 10.6 Å². The van der Waals surface area contributed by atoms with Gasteiger partial charge in [-0.3, -0.25) is 29.1 Å². The van der Waals surface area contributed by atoms with E-state index in [4.69, 9.17) is 5.73 Å². The predicted octanol–water partition coefficient (Wildman–Crippen LogP) is 0.539. The van der Waals surface area contributed by atoms with Gasteiger partial charge in [0.15, 0.2) is 0 Å². The van der Waals surface area contributed by atoms with E-state index < -0.39 is 17.4 Å². The Morgan fingerprint density at radius 3 is 2.31 bits per heavy atom. The molecule has 4 rings (SSSR count). The lowest BCUT2D eigenvalue weighted by atomic mass is 10.1. The number of nitrogens with two attached hydrogens (primary N) is 1. The van der Waals surface area contributed by atoms with Gasteiger partial charge >= 0.3 is 0 Å². The fraction of sp³-hybridized carbons (Fsp3) is 0.222. The number of carbonyl (C=O) groups excluding carboxylic acids is 3. The summed E-state index contributed by atoms with van der Waals surface area (Å²) in [5, 5.41) is 2.12. The van der Waals surface area contributed by atoms with E-state index in [2.05, 4.69) is 5.32 Å². The van der Waals surface area contributed by atoms with Gasteiger partial charge in [0, 0.05) is 24.7 Å². The highest BCUT2D eigenvalue weighted by Gasteiger charge is 2.31. The van der Waals surface area contributed by atoms with E-state index in [0.717, 1.165) is 36.6 Å². The molecule has 8 heteroatoms. The normalized spacial score (nSPS) is 15.9. The largest absolute Gasteiger partial charge is 0.384 e. The molecule has 1 aromatic heterocycles. The number of nitrogens with zero attached hydrogens (tertiary/aromatic N) is 2. The summed E-state index contributed by atoms with van der Waals surface area (Å²) >= 11 is 0. The first-order chi connectivity index (χ1) is 12.5. The topological polar surface area (TPSA) is 114 Å². The summed E-state index contributed by atoms with van der Waals surface area (Å²) in [6.07, 6.45) is 2.01. The van der Waals surface area contributed by atoms with E-state index in [9.17, 15) is 19.2 Å². The zero-order valence-electron chi connectivity index (χ0n) is 13.8. The zero-order chi connectivity index (χ0) is 18.4. The number of benzene rings is 1. The van der Waals surface area contributed by atoms with Crippen molar-refractivity contribution in [1.82, 2.24) is 14.8 Å². The highest BCUT2D eigenvalue weighted by molar-refractivity contribution is 6.23. The van der Waals surface area contributed by atoms with Crippen LogP contribution in [-0.4, -0.2) is 40.3 Å². The Balaban J connectivity index is 1.74. The van der Waals surface area contributed by atoms with Gasteiger partial charge in [-0.05, 0) is 37.1 Å². The van der Waals surface area contributed by atoms with Crippen LogP contribution in [0.2, 0.25) is 0 Å². The summed E-state index contributed by atoms with van der Waals surface area (Å²) < 4.78 is 1.15. The van der Waals surface area contributed by atoms with E-state index >= 15 is 0 Å². The molecule has 0 radical (unpaired) electrons. The fourth-order valence-corrected chi connectivity index (χ4v) is 3.40. The number of carbonyl (C=O) groups is 3. The molecule has 2 aliphatic rings. The summed E-state index contributed by atoms with van der Waals surface area (Å²) in [4.78, 5) is 50.2. The van der Waals surface area contributed by atoms with E-state index in [1.54, 1.807) is 29.2 Å². The van der Waals surface area contributed by atoms with Crippen molar-refractivity contribution in [2.75, 3.05) is 18.8 Å². The molecule has 0 aliphatic carbocycles. The summed E-state index contributed by atoms with van der Waals surface area (Å²) in [5.74, 6) is -1.41. The number of imide groups is 1. The molecule has 0 saturated carbocycles. The molecule has 0 atom stereocenters. The van der Waals surface area contributed by atoms with Gasteiger partial charge in [-0.2, -0.15) is 0 Å². The molecular formula is C18H16N4O4. The first-order valence-corrected chi connectivity index (χ1v) is 8.28. The molecule has 1 aromatic carbocycles. The van der Waals surface area contributed by atoms with Crippen molar-refractivity contribution in [2.24, 2.45) is 0 Å². The van der Waals surface area contributed by atoms with Gasteiger partial charge in [-0.15, -0.1) is 0 Å². The number of hydrogen-bond acceptors (Lipinski definition) is 5. The van der Waals surface area contributed by atoms with Crippen molar-refractivity contribution >= 4 is 23.5 Å². The van der Waals surface area contributed by atoms with Crippen molar-refractivity contribution in [3.8, 4) is 5.69 Å². The third-order valence-corrected chi connectivity index (χ3v) is 4.72. The van der Waals surface area contributed by atoms with Crippen LogP contribution in [-0.2, 0) is 0 Å². The minimum absolute atomic E-state index is 0.00757. The zero-order valence-corrected chi connectivity index (χ0v) is 13.8. The van der Waals surface area contributed by atoms with E-state index in [1.807, 2.05) is 0 Å². The number of amides is 3. The number of nitrogen functional groups attached to an aromatic ring is 1. The molecule has 3 amide bonds. The Morgan fingerprint density at radius 1 is 1.00 bits per heavy atom. The van der Waals surface area contributed by atoms with Crippen LogP contribution >= 0.6 is 0 Å². The van der Waals surface area contributed by atoms with E-state index in [-0.39, 0.29) is 22.9 Å². The van der Waals surface area contributed by atoms with E-state index in [1.165, 1.54) is 0 Å². The first kappa shape index (κ1) is 16.1. The number of rotatable bonds is 2. The molecule has 3 N–H and O–H groups in total. The number of likely N-dealkylation sites (tertiary alicyclic amines) is 1. The Morgan fingerprint density at radius 2 is 1.65 bits per heavy atom. The molecule has 0 bridgehead atoms. The van der Waals surface area contributed by atoms with Crippen LogP contribution in [0.1, 0.15) is 43.9 Å². The molecule has 2 aromatic rings.